The second-order valence-corrected chi connectivity index (χ2v) is 6.13. The van der Waals surface area contributed by atoms with Gasteiger partial charge in [-0.25, -0.2) is 0 Å². The van der Waals surface area contributed by atoms with Gasteiger partial charge in [0.1, 0.15) is 0 Å². The summed E-state index contributed by atoms with van der Waals surface area (Å²) in [6.45, 7) is 4.61. The average molecular weight is 317 g/mol. The van der Waals surface area contributed by atoms with Crippen LogP contribution in [0.5, 0.6) is 0 Å². The lowest BCUT2D eigenvalue weighted by atomic mass is 10.1. The Balaban J connectivity index is 1.52. The number of rotatable bonds is 4. The van der Waals surface area contributed by atoms with Crippen molar-refractivity contribution in [1.82, 2.24) is 4.90 Å². The van der Waals surface area contributed by atoms with E-state index in [1.807, 2.05) is 30.3 Å². The number of nitrogens with zero attached hydrogens (tertiary/aromatic N) is 2. The number of β-amino-alcohol motifs (C(OH)–C–C–N with tert-alkyl or cyclic N) is 1. The molecule has 3 nitrogen and oxygen atoms in total. The number of benzene rings is 2. The minimum absolute atomic E-state index is 0.458. The van der Waals surface area contributed by atoms with Gasteiger partial charge in [-0.05, 0) is 29.8 Å². The third-order valence-corrected chi connectivity index (χ3v) is 4.43. The summed E-state index contributed by atoms with van der Waals surface area (Å²) in [4.78, 5) is 4.71. The van der Waals surface area contributed by atoms with E-state index in [0.717, 1.165) is 31.7 Å². The molecule has 0 unspecified atom stereocenters. The maximum Gasteiger partial charge on any atom is 0.0916 e. The molecule has 1 saturated heterocycles. The first-order valence-corrected chi connectivity index (χ1v) is 8.06. The number of aliphatic hydroxyl groups is 1. The molecule has 3 rings (SSSR count). The molecule has 0 bridgehead atoms. The van der Waals surface area contributed by atoms with Gasteiger partial charge in [0.2, 0.25) is 0 Å². The molecule has 1 fully saturated rings. The number of anilines is 1. The Morgan fingerprint density at radius 1 is 0.909 bits per heavy atom. The monoisotopic (exact) mass is 316 g/mol. The molecule has 1 N–H and O–H groups in total. The molecule has 0 radical (unpaired) electrons. The van der Waals surface area contributed by atoms with Crippen LogP contribution >= 0.6 is 11.6 Å². The van der Waals surface area contributed by atoms with E-state index in [-0.39, 0.29) is 0 Å². The standard InChI is InChI=1S/C18H21ClN2O/c19-16-8-6-15(7-9-16)18(22)14-20-10-12-21(13-11-20)17-4-2-1-3-5-17/h1-9,18,22H,10-14H2/t18-/m1/s1. The van der Waals surface area contributed by atoms with Crippen LogP contribution in [-0.2, 0) is 0 Å². The first kappa shape index (κ1) is 15.3. The zero-order valence-electron chi connectivity index (χ0n) is 12.5. The van der Waals surface area contributed by atoms with Crippen LogP contribution in [0.2, 0.25) is 5.02 Å². The van der Waals surface area contributed by atoms with Gasteiger partial charge in [0.05, 0.1) is 6.10 Å². The molecule has 0 spiro atoms. The molecule has 22 heavy (non-hydrogen) atoms. The van der Waals surface area contributed by atoms with Crippen LogP contribution < -0.4 is 4.90 Å². The Morgan fingerprint density at radius 2 is 1.55 bits per heavy atom. The van der Waals surface area contributed by atoms with Crippen LogP contribution in [0.3, 0.4) is 0 Å². The van der Waals surface area contributed by atoms with Gasteiger partial charge in [-0.15, -0.1) is 0 Å². The lowest BCUT2D eigenvalue weighted by molar-refractivity contribution is 0.109. The fraction of sp³-hybridized carbons (Fsp3) is 0.333. The molecule has 0 amide bonds. The van der Waals surface area contributed by atoms with E-state index >= 15 is 0 Å². The van der Waals surface area contributed by atoms with Gasteiger partial charge in [0, 0.05) is 43.4 Å². The van der Waals surface area contributed by atoms with Crippen LogP contribution in [0.4, 0.5) is 5.69 Å². The van der Waals surface area contributed by atoms with Crippen LogP contribution in [0.15, 0.2) is 54.6 Å². The van der Waals surface area contributed by atoms with Gasteiger partial charge in [-0.1, -0.05) is 41.9 Å². The van der Waals surface area contributed by atoms with E-state index in [1.165, 1.54) is 5.69 Å². The largest absolute Gasteiger partial charge is 0.387 e. The van der Waals surface area contributed by atoms with E-state index in [0.29, 0.717) is 11.6 Å². The van der Waals surface area contributed by atoms with Crippen molar-refractivity contribution in [1.29, 1.82) is 0 Å². The van der Waals surface area contributed by atoms with Crippen LogP contribution in [0.1, 0.15) is 11.7 Å². The maximum atomic E-state index is 10.3. The first-order valence-electron chi connectivity index (χ1n) is 7.68. The molecule has 2 aromatic rings. The Kier molecular flexibility index (Phi) is 4.98. The number of hydrogen-bond acceptors (Lipinski definition) is 3. The smallest absolute Gasteiger partial charge is 0.0916 e. The topological polar surface area (TPSA) is 26.7 Å². The van der Waals surface area contributed by atoms with E-state index in [4.69, 9.17) is 11.6 Å². The van der Waals surface area contributed by atoms with Gasteiger partial charge in [0.25, 0.3) is 0 Å². The molecule has 1 aliphatic heterocycles. The molecule has 2 aromatic carbocycles. The quantitative estimate of drug-likeness (QED) is 0.938. The Bertz CT molecular complexity index is 580. The van der Waals surface area contributed by atoms with Gasteiger partial charge >= 0.3 is 0 Å². The molecule has 0 saturated carbocycles. The highest BCUT2D eigenvalue weighted by molar-refractivity contribution is 6.30. The second kappa shape index (κ2) is 7.14. The summed E-state index contributed by atoms with van der Waals surface area (Å²) in [5.74, 6) is 0. The van der Waals surface area contributed by atoms with Crippen molar-refractivity contribution in [3.8, 4) is 0 Å². The van der Waals surface area contributed by atoms with Crippen molar-refractivity contribution >= 4 is 17.3 Å². The molecule has 1 atom stereocenters. The predicted molar refractivity (Wildman–Crippen MR) is 91.5 cm³/mol. The molecule has 0 aromatic heterocycles. The second-order valence-electron chi connectivity index (χ2n) is 5.69. The number of halogens is 1. The summed E-state index contributed by atoms with van der Waals surface area (Å²) in [5.41, 5.74) is 2.20. The van der Waals surface area contributed by atoms with Crippen molar-refractivity contribution < 1.29 is 5.11 Å². The highest BCUT2D eigenvalue weighted by Crippen LogP contribution is 2.20. The summed E-state index contributed by atoms with van der Waals surface area (Å²) in [6.07, 6.45) is -0.458. The summed E-state index contributed by atoms with van der Waals surface area (Å²) < 4.78 is 0. The van der Waals surface area contributed by atoms with E-state index < -0.39 is 6.10 Å². The molecule has 0 aliphatic carbocycles. The molecule has 116 valence electrons. The number of hydrogen-bond donors (Lipinski definition) is 1. The van der Waals surface area contributed by atoms with Crippen molar-refractivity contribution in [3.63, 3.8) is 0 Å². The third kappa shape index (κ3) is 3.80. The lowest BCUT2D eigenvalue weighted by Crippen LogP contribution is -2.47. The van der Waals surface area contributed by atoms with Crippen molar-refractivity contribution in [2.24, 2.45) is 0 Å². The lowest BCUT2D eigenvalue weighted by Gasteiger charge is -2.37. The number of para-hydroxylation sites is 1. The zero-order valence-corrected chi connectivity index (χ0v) is 13.3. The van der Waals surface area contributed by atoms with Crippen LogP contribution in [0.25, 0.3) is 0 Å². The summed E-state index contributed by atoms with van der Waals surface area (Å²) in [5, 5.41) is 11.0. The highest BCUT2D eigenvalue weighted by Gasteiger charge is 2.20. The predicted octanol–water partition coefficient (Wildman–Crippen LogP) is 3.20. The average Bonchev–Trinajstić information content (AvgIpc) is 2.57. The van der Waals surface area contributed by atoms with Crippen molar-refractivity contribution in [3.05, 3.63) is 65.2 Å². The van der Waals surface area contributed by atoms with E-state index in [1.54, 1.807) is 0 Å². The van der Waals surface area contributed by atoms with Gasteiger partial charge in [0.15, 0.2) is 0 Å². The van der Waals surface area contributed by atoms with E-state index in [9.17, 15) is 5.11 Å². The van der Waals surface area contributed by atoms with Crippen molar-refractivity contribution in [2.45, 2.75) is 6.10 Å². The minimum atomic E-state index is -0.458. The zero-order chi connectivity index (χ0) is 15.4. The third-order valence-electron chi connectivity index (χ3n) is 4.18. The SMILES string of the molecule is O[C@H](CN1CCN(c2ccccc2)CC1)c1ccc(Cl)cc1. The molecule has 1 aliphatic rings. The molecule has 4 heteroatoms. The maximum absolute atomic E-state index is 10.3. The fourth-order valence-electron chi connectivity index (χ4n) is 2.86. The Labute approximate surface area is 136 Å². The summed E-state index contributed by atoms with van der Waals surface area (Å²) >= 11 is 5.88. The fourth-order valence-corrected chi connectivity index (χ4v) is 2.99. The normalized spacial score (nSPS) is 17.5. The van der Waals surface area contributed by atoms with Gasteiger partial charge in [-0.2, -0.15) is 0 Å². The van der Waals surface area contributed by atoms with Gasteiger partial charge < -0.3 is 10.0 Å². The molecule has 1 heterocycles. The number of piperazine rings is 1. The highest BCUT2D eigenvalue weighted by atomic mass is 35.5. The van der Waals surface area contributed by atoms with Gasteiger partial charge in [-0.3, -0.25) is 4.90 Å². The molecular formula is C18H21ClN2O. The van der Waals surface area contributed by atoms with Crippen LogP contribution in [0, 0.1) is 0 Å². The Morgan fingerprint density at radius 3 is 2.18 bits per heavy atom. The van der Waals surface area contributed by atoms with Crippen molar-refractivity contribution in [2.75, 3.05) is 37.6 Å². The summed E-state index contributed by atoms with van der Waals surface area (Å²) in [7, 11) is 0. The summed E-state index contributed by atoms with van der Waals surface area (Å²) in [6, 6.07) is 17.9. The Hall–Kier alpha value is -1.55. The number of aliphatic hydroxyl groups excluding tert-OH is 1. The van der Waals surface area contributed by atoms with Crippen LogP contribution in [-0.4, -0.2) is 42.7 Å². The molecular weight excluding hydrogens is 296 g/mol. The minimum Gasteiger partial charge on any atom is -0.387 e. The first-order chi connectivity index (χ1) is 10.7. The van der Waals surface area contributed by atoms with E-state index in [2.05, 4.69) is 34.1 Å².